The van der Waals surface area contributed by atoms with Crippen molar-refractivity contribution in [3.8, 4) is 5.88 Å². The summed E-state index contributed by atoms with van der Waals surface area (Å²) in [5, 5.41) is -0.0356. The van der Waals surface area contributed by atoms with Crippen LogP contribution in [0.15, 0.2) is 23.4 Å². The molecule has 0 aromatic carbocycles. The highest BCUT2D eigenvalue weighted by Crippen LogP contribution is 2.18. The van der Waals surface area contributed by atoms with Gasteiger partial charge in [-0.3, -0.25) is 0 Å². The smallest absolute Gasteiger partial charge is 0.267 e. The molecule has 0 atom stereocenters. The summed E-state index contributed by atoms with van der Waals surface area (Å²) in [7, 11) is -2.58. The first kappa shape index (κ1) is 14.7. The molecule has 2 heterocycles. The molecule has 0 aliphatic rings. The average Bonchev–Trinajstić information content (AvgIpc) is 2.37. The lowest BCUT2D eigenvalue weighted by Gasteiger charge is -2.07. The van der Waals surface area contributed by atoms with Crippen molar-refractivity contribution in [1.82, 2.24) is 19.9 Å². The third kappa shape index (κ3) is 3.44. The minimum atomic E-state index is -3.94. The Morgan fingerprint density at radius 1 is 1.20 bits per heavy atom. The summed E-state index contributed by atoms with van der Waals surface area (Å²) in [6.45, 7) is 0. The summed E-state index contributed by atoms with van der Waals surface area (Å²) < 4.78 is 31.0. The first-order valence-electron chi connectivity index (χ1n) is 4.99. The van der Waals surface area contributed by atoms with E-state index in [4.69, 9.17) is 27.9 Å². The van der Waals surface area contributed by atoms with E-state index in [9.17, 15) is 8.42 Å². The van der Waals surface area contributed by atoms with E-state index >= 15 is 0 Å². The van der Waals surface area contributed by atoms with Gasteiger partial charge in [-0.05, 0) is 11.6 Å². The highest BCUT2D eigenvalue weighted by Gasteiger charge is 2.17. The largest absolute Gasteiger partial charge is 0.481 e. The zero-order valence-electron chi connectivity index (χ0n) is 9.91. The second-order valence-corrected chi connectivity index (χ2v) is 5.76. The van der Waals surface area contributed by atoms with Gasteiger partial charge in [-0.15, -0.1) is 0 Å². The Morgan fingerprint density at radius 3 is 2.45 bits per heavy atom. The third-order valence-corrected chi connectivity index (χ3v) is 3.68. The molecule has 0 saturated carbocycles. The van der Waals surface area contributed by atoms with Crippen LogP contribution in [0.5, 0.6) is 5.88 Å². The summed E-state index contributed by atoms with van der Waals surface area (Å²) in [6, 6.07) is 1.34. The number of anilines is 1. The van der Waals surface area contributed by atoms with Crippen molar-refractivity contribution >= 4 is 39.2 Å². The van der Waals surface area contributed by atoms with Gasteiger partial charge in [0.15, 0.2) is 0 Å². The van der Waals surface area contributed by atoms with E-state index in [-0.39, 0.29) is 27.2 Å². The van der Waals surface area contributed by atoms with E-state index in [1.165, 1.54) is 13.2 Å². The van der Waals surface area contributed by atoms with E-state index in [2.05, 4.69) is 24.7 Å². The number of hydrogen-bond acceptors (Lipinski definition) is 7. The maximum Gasteiger partial charge on any atom is 0.267 e. The van der Waals surface area contributed by atoms with Crippen molar-refractivity contribution in [3.05, 3.63) is 28.9 Å². The van der Waals surface area contributed by atoms with Gasteiger partial charge in [0, 0.05) is 6.07 Å². The van der Waals surface area contributed by atoms with Gasteiger partial charge in [-0.2, -0.15) is 4.98 Å². The number of methoxy groups -OCH3 is 1. The second-order valence-electron chi connectivity index (χ2n) is 3.35. The van der Waals surface area contributed by atoms with Crippen LogP contribution in [0, 0.1) is 0 Å². The zero-order chi connectivity index (χ0) is 14.8. The van der Waals surface area contributed by atoms with Gasteiger partial charge >= 0.3 is 0 Å². The molecule has 0 saturated heterocycles. The fraction of sp³-hybridized carbons (Fsp3) is 0.111. The molecule has 0 unspecified atom stereocenters. The Hall–Kier alpha value is -1.71. The highest BCUT2D eigenvalue weighted by atomic mass is 35.5. The number of rotatable bonds is 4. The molecule has 1 N–H and O–H groups in total. The van der Waals surface area contributed by atoms with Crippen molar-refractivity contribution in [2.45, 2.75) is 4.90 Å². The number of aromatic nitrogens is 4. The van der Waals surface area contributed by atoms with Gasteiger partial charge in [0.1, 0.15) is 10.0 Å². The maximum atomic E-state index is 12.0. The highest BCUT2D eigenvalue weighted by molar-refractivity contribution is 7.92. The van der Waals surface area contributed by atoms with Crippen molar-refractivity contribution in [2.24, 2.45) is 0 Å². The van der Waals surface area contributed by atoms with Gasteiger partial charge in [0.25, 0.3) is 10.0 Å². The molecule has 8 nitrogen and oxygen atoms in total. The van der Waals surface area contributed by atoms with Crippen LogP contribution < -0.4 is 9.46 Å². The van der Waals surface area contributed by atoms with Crippen LogP contribution in [0.1, 0.15) is 0 Å². The standard InChI is InChI=1S/C9H7Cl2N5O3S/c1-19-7-2-6(10)14-9(15-7)16-20(17,18)5-3-12-8(11)13-4-5/h2-4H,1H3,(H,14,15,16). The molecular weight excluding hydrogens is 329 g/mol. The summed E-state index contributed by atoms with van der Waals surface area (Å²) in [5.41, 5.74) is 0. The fourth-order valence-electron chi connectivity index (χ4n) is 1.17. The van der Waals surface area contributed by atoms with Crippen LogP contribution >= 0.6 is 23.2 Å². The molecule has 20 heavy (non-hydrogen) atoms. The predicted octanol–water partition coefficient (Wildman–Crippen LogP) is 1.38. The first-order chi connectivity index (χ1) is 9.40. The quantitative estimate of drug-likeness (QED) is 0.664. The Kier molecular flexibility index (Phi) is 4.21. The number of halogens is 2. The second kappa shape index (κ2) is 5.73. The maximum absolute atomic E-state index is 12.0. The first-order valence-corrected chi connectivity index (χ1v) is 7.23. The Bertz CT molecular complexity index is 723. The van der Waals surface area contributed by atoms with E-state index in [0.29, 0.717) is 0 Å². The Labute approximate surface area is 124 Å². The molecule has 0 radical (unpaired) electrons. The number of hydrogen-bond donors (Lipinski definition) is 1. The van der Waals surface area contributed by atoms with Crippen molar-refractivity contribution in [2.75, 3.05) is 11.8 Å². The van der Waals surface area contributed by atoms with Crippen LogP contribution in [0.2, 0.25) is 10.4 Å². The van der Waals surface area contributed by atoms with Gasteiger partial charge in [-0.1, -0.05) is 11.6 Å². The van der Waals surface area contributed by atoms with Crippen LogP contribution in [-0.2, 0) is 10.0 Å². The summed E-state index contributed by atoms with van der Waals surface area (Å²) >= 11 is 11.2. The summed E-state index contributed by atoms with van der Waals surface area (Å²) in [5.74, 6) is -0.112. The molecule has 0 amide bonds. The predicted molar refractivity (Wildman–Crippen MR) is 71.4 cm³/mol. The molecule has 0 fully saturated rings. The number of nitrogens with one attached hydrogen (secondary N) is 1. The summed E-state index contributed by atoms with van der Waals surface area (Å²) in [4.78, 5) is 14.5. The molecule has 2 rings (SSSR count). The molecule has 2 aromatic heterocycles. The van der Waals surface area contributed by atoms with Gasteiger partial charge in [-0.25, -0.2) is 28.1 Å². The van der Waals surface area contributed by atoms with Gasteiger partial charge in [0.05, 0.1) is 19.5 Å². The Balaban J connectivity index is 2.33. The lowest BCUT2D eigenvalue weighted by Crippen LogP contribution is -2.16. The van der Waals surface area contributed by atoms with Gasteiger partial charge in [0.2, 0.25) is 17.1 Å². The monoisotopic (exact) mass is 335 g/mol. The van der Waals surface area contributed by atoms with Crippen LogP contribution in [0.4, 0.5) is 5.95 Å². The lowest BCUT2D eigenvalue weighted by molar-refractivity contribution is 0.397. The third-order valence-electron chi connectivity index (χ3n) is 2.01. The molecular formula is C9H7Cl2N5O3S. The minimum Gasteiger partial charge on any atom is -0.481 e. The molecule has 106 valence electrons. The van der Waals surface area contributed by atoms with E-state index in [1.54, 1.807) is 0 Å². The minimum absolute atomic E-state index is 0.0295. The number of sulfonamides is 1. The van der Waals surface area contributed by atoms with Crippen LogP contribution in [0.3, 0.4) is 0 Å². The molecule has 2 aromatic rings. The van der Waals surface area contributed by atoms with E-state index in [1.807, 2.05) is 0 Å². The van der Waals surface area contributed by atoms with Crippen LogP contribution in [0.25, 0.3) is 0 Å². The lowest BCUT2D eigenvalue weighted by atomic mass is 10.6. The number of ether oxygens (including phenoxy) is 1. The molecule has 11 heteroatoms. The van der Waals surface area contributed by atoms with E-state index in [0.717, 1.165) is 12.4 Å². The molecule has 0 bridgehead atoms. The van der Waals surface area contributed by atoms with Gasteiger partial charge < -0.3 is 4.74 Å². The molecule has 0 aliphatic carbocycles. The van der Waals surface area contributed by atoms with E-state index < -0.39 is 10.0 Å². The van der Waals surface area contributed by atoms with Crippen molar-refractivity contribution < 1.29 is 13.2 Å². The SMILES string of the molecule is COc1cc(Cl)nc(NS(=O)(=O)c2cnc(Cl)nc2)n1. The zero-order valence-corrected chi connectivity index (χ0v) is 12.2. The average molecular weight is 336 g/mol. The summed E-state index contributed by atoms with van der Waals surface area (Å²) in [6.07, 6.45) is 2.11. The molecule has 0 aliphatic heterocycles. The normalized spacial score (nSPS) is 11.2. The van der Waals surface area contributed by atoms with Crippen molar-refractivity contribution in [3.63, 3.8) is 0 Å². The molecule has 0 spiro atoms. The van der Waals surface area contributed by atoms with Crippen LogP contribution in [-0.4, -0.2) is 35.5 Å². The number of nitrogens with zero attached hydrogens (tertiary/aromatic N) is 4. The van der Waals surface area contributed by atoms with Crippen molar-refractivity contribution in [1.29, 1.82) is 0 Å². The Morgan fingerprint density at radius 2 is 1.85 bits per heavy atom. The topological polar surface area (TPSA) is 107 Å². The fourth-order valence-corrected chi connectivity index (χ4v) is 2.27.